The van der Waals surface area contributed by atoms with Crippen LogP contribution in [-0.4, -0.2) is 15.9 Å². The Hall–Kier alpha value is -2.64. The molecule has 110 valence electrons. The van der Waals surface area contributed by atoms with Crippen molar-refractivity contribution in [1.82, 2.24) is 9.97 Å². The summed E-state index contributed by atoms with van der Waals surface area (Å²) >= 11 is 0. The number of aryl methyl sites for hydroxylation is 1. The number of rotatable bonds is 3. The molecular formula is C13H11F3N4O. The molecule has 2 rings (SSSR count). The van der Waals surface area contributed by atoms with E-state index < -0.39 is 17.8 Å². The van der Waals surface area contributed by atoms with Crippen LogP contribution in [0.2, 0.25) is 0 Å². The van der Waals surface area contributed by atoms with E-state index in [2.05, 4.69) is 15.3 Å². The number of primary amides is 1. The first kappa shape index (κ1) is 14.8. The normalized spacial score (nSPS) is 11.2. The zero-order valence-electron chi connectivity index (χ0n) is 10.9. The number of hydrogen-bond acceptors (Lipinski definition) is 4. The van der Waals surface area contributed by atoms with Crippen LogP contribution in [0, 0.1) is 6.92 Å². The number of nitrogens with two attached hydrogens (primary N) is 1. The Bertz CT molecular complexity index is 685. The molecule has 0 aliphatic carbocycles. The lowest BCUT2D eigenvalue weighted by atomic mass is 10.2. The summed E-state index contributed by atoms with van der Waals surface area (Å²) in [5, 5.41) is 2.66. The van der Waals surface area contributed by atoms with Gasteiger partial charge in [-0.05, 0) is 30.7 Å². The molecule has 0 atom stereocenters. The number of anilines is 2. The molecule has 0 fully saturated rings. The Balaban J connectivity index is 2.49. The SMILES string of the molecule is Cc1ccncc1Nc1nc(C(F)(F)F)ccc1C(N)=O. The van der Waals surface area contributed by atoms with Crippen molar-refractivity contribution in [3.8, 4) is 0 Å². The highest BCUT2D eigenvalue weighted by atomic mass is 19.4. The average Bonchev–Trinajstić information content (AvgIpc) is 2.40. The first-order valence-corrected chi connectivity index (χ1v) is 5.84. The lowest BCUT2D eigenvalue weighted by Crippen LogP contribution is -2.17. The molecule has 0 saturated heterocycles. The summed E-state index contributed by atoms with van der Waals surface area (Å²) in [6.45, 7) is 1.74. The van der Waals surface area contributed by atoms with Gasteiger partial charge in [-0.15, -0.1) is 0 Å². The average molecular weight is 296 g/mol. The number of nitrogens with zero attached hydrogens (tertiary/aromatic N) is 2. The zero-order valence-corrected chi connectivity index (χ0v) is 10.9. The Kier molecular flexibility index (Phi) is 3.79. The van der Waals surface area contributed by atoms with Crippen LogP contribution >= 0.6 is 0 Å². The summed E-state index contributed by atoms with van der Waals surface area (Å²) in [6, 6.07) is 3.37. The molecule has 21 heavy (non-hydrogen) atoms. The maximum Gasteiger partial charge on any atom is 0.433 e. The van der Waals surface area contributed by atoms with Gasteiger partial charge in [-0.25, -0.2) is 4.98 Å². The molecule has 0 bridgehead atoms. The van der Waals surface area contributed by atoms with Crippen molar-refractivity contribution in [2.24, 2.45) is 5.73 Å². The van der Waals surface area contributed by atoms with Crippen molar-refractivity contribution in [3.05, 3.63) is 47.4 Å². The predicted molar refractivity (Wildman–Crippen MR) is 70.0 cm³/mol. The van der Waals surface area contributed by atoms with E-state index in [1.165, 1.54) is 12.4 Å². The zero-order chi connectivity index (χ0) is 15.6. The third kappa shape index (κ3) is 3.28. The molecule has 2 aromatic heterocycles. The number of carbonyl (C=O) groups is 1. The lowest BCUT2D eigenvalue weighted by molar-refractivity contribution is -0.141. The van der Waals surface area contributed by atoms with Gasteiger partial charge in [0.05, 0.1) is 17.4 Å². The van der Waals surface area contributed by atoms with Gasteiger partial charge < -0.3 is 11.1 Å². The van der Waals surface area contributed by atoms with Crippen molar-refractivity contribution >= 4 is 17.4 Å². The molecule has 0 unspecified atom stereocenters. The van der Waals surface area contributed by atoms with Crippen LogP contribution < -0.4 is 11.1 Å². The minimum Gasteiger partial charge on any atom is -0.365 e. The fourth-order valence-corrected chi connectivity index (χ4v) is 1.63. The van der Waals surface area contributed by atoms with Gasteiger partial charge in [0.1, 0.15) is 11.5 Å². The molecule has 2 heterocycles. The van der Waals surface area contributed by atoms with E-state index in [0.29, 0.717) is 11.8 Å². The fourth-order valence-electron chi connectivity index (χ4n) is 1.63. The first-order valence-electron chi connectivity index (χ1n) is 5.84. The molecule has 0 aliphatic heterocycles. The van der Waals surface area contributed by atoms with Gasteiger partial charge in [0.25, 0.3) is 5.91 Å². The molecule has 3 N–H and O–H groups in total. The maximum atomic E-state index is 12.7. The van der Waals surface area contributed by atoms with Crippen LogP contribution in [0.15, 0.2) is 30.6 Å². The monoisotopic (exact) mass is 296 g/mol. The van der Waals surface area contributed by atoms with Crippen LogP contribution in [0.1, 0.15) is 21.6 Å². The second-order valence-electron chi connectivity index (χ2n) is 4.27. The van der Waals surface area contributed by atoms with Crippen LogP contribution in [0.5, 0.6) is 0 Å². The number of alkyl halides is 3. The van der Waals surface area contributed by atoms with Gasteiger partial charge in [-0.1, -0.05) is 0 Å². The van der Waals surface area contributed by atoms with E-state index in [1.807, 2.05) is 0 Å². The smallest absolute Gasteiger partial charge is 0.365 e. The first-order chi connectivity index (χ1) is 9.79. The van der Waals surface area contributed by atoms with E-state index in [4.69, 9.17) is 5.73 Å². The largest absolute Gasteiger partial charge is 0.433 e. The number of aromatic nitrogens is 2. The molecule has 0 spiro atoms. The lowest BCUT2D eigenvalue weighted by Gasteiger charge is -2.13. The number of pyridine rings is 2. The molecule has 0 radical (unpaired) electrons. The highest BCUT2D eigenvalue weighted by Gasteiger charge is 2.33. The summed E-state index contributed by atoms with van der Waals surface area (Å²) in [5.41, 5.74) is 5.07. The van der Waals surface area contributed by atoms with E-state index in [0.717, 1.165) is 11.6 Å². The molecule has 0 aromatic carbocycles. The topological polar surface area (TPSA) is 80.9 Å². The quantitative estimate of drug-likeness (QED) is 0.912. The molecule has 1 amide bonds. The summed E-state index contributed by atoms with van der Waals surface area (Å²) < 4.78 is 38.1. The third-order valence-corrected chi connectivity index (χ3v) is 2.74. The highest BCUT2D eigenvalue weighted by molar-refractivity contribution is 5.98. The fraction of sp³-hybridized carbons (Fsp3) is 0.154. The van der Waals surface area contributed by atoms with Crippen LogP contribution in [0.3, 0.4) is 0 Å². The number of amides is 1. The number of nitrogens with one attached hydrogen (secondary N) is 1. The Morgan fingerprint density at radius 2 is 2.00 bits per heavy atom. The molecule has 8 heteroatoms. The third-order valence-electron chi connectivity index (χ3n) is 2.74. The second-order valence-corrected chi connectivity index (χ2v) is 4.27. The number of halogens is 3. The molecule has 2 aromatic rings. The van der Waals surface area contributed by atoms with Gasteiger partial charge in [-0.2, -0.15) is 13.2 Å². The van der Waals surface area contributed by atoms with Crippen molar-refractivity contribution in [2.45, 2.75) is 13.1 Å². The van der Waals surface area contributed by atoms with E-state index in [9.17, 15) is 18.0 Å². The van der Waals surface area contributed by atoms with Gasteiger partial charge in [0.15, 0.2) is 0 Å². The van der Waals surface area contributed by atoms with Gasteiger partial charge in [0, 0.05) is 6.20 Å². The second kappa shape index (κ2) is 5.39. The van der Waals surface area contributed by atoms with E-state index in [-0.39, 0.29) is 11.4 Å². The van der Waals surface area contributed by atoms with Crippen LogP contribution in [0.25, 0.3) is 0 Å². The summed E-state index contributed by atoms with van der Waals surface area (Å²) in [6.07, 6.45) is -1.66. The van der Waals surface area contributed by atoms with E-state index >= 15 is 0 Å². The Morgan fingerprint density at radius 1 is 1.29 bits per heavy atom. The summed E-state index contributed by atoms with van der Waals surface area (Å²) in [5.74, 6) is -1.13. The van der Waals surface area contributed by atoms with Gasteiger partial charge >= 0.3 is 6.18 Å². The highest BCUT2D eigenvalue weighted by Crippen LogP contribution is 2.30. The number of carbonyl (C=O) groups excluding carboxylic acids is 1. The van der Waals surface area contributed by atoms with Gasteiger partial charge in [0.2, 0.25) is 0 Å². The molecule has 0 aliphatic rings. The summed E-state index contributed by atoms with van der Waals surface area (Å²) in [7, 11) is 0. The Labute approximate surface area is 118 Å². The van der Waals surface area contributed by atoms with Crippen molar-refractivity contribution < 1.29 is 18.0 Å². The number of hydrogen-bond donors (Lipinski definition) is 2. The van der Waals surface area contributed by atoms with Crippen LogP contribution in [-0.2, 0) is 6.18 Å². The maximum absolute atomic E-state index is 12.7. The van der Waals surface area contributed by atoms with E-state index in [1.54, 1.807) is 13.0 Å². The predicted octanol–water partition coefficient (Wildman–Crippen LogP) is 2.65. The van der Waals surface area contributed by atoms with Crippen molar-refractivity contribution in [2.75, 3.05) is 5.32 Å². The Morgan fingerprint density at radius 3 is 2.57 bits per heavy atom. The van der Waals surface area contributed by atoms with Gasteiger partial charge in [-0.3, -0.25) is 9.78 Å². The van der Waals surface area contributed by atoms with Crippen molar-refractivity contribution in [1.29, 1.82) is 0 Å². The minimum atomic E-state index is -4.61. The molecule has 5 nitrogen and oxygen atoms in total. The minimum absolute atomic E-state index is 0.133. The van der Waals surface area contributed by atoms with Crippen LogP contribution in [0.4, 0.5) is 24.7 Å². The standard InChI is InChI=1S/C13H11F3N4O/c1-7-4-5-18-6-9(7)19-12-8(11(17)21)2-3-10(20-12)13(14,15)16/h2-6H,1H3,(H2,17,21)(H,19,20). The molecular weight excluding hydrogens is 285 g/mol. The van der Waals surface area contributed by atoms with Crippen molar-refractivity contribution in [3.63, 3.8) is 0 Å². The summed E-state index contributed by atoms with van der Waals surface area (Å²) in [4.78, 5) is 18.6. The molecule has 0 saturated carbocycles.